The van der Waals surface area contributed by atoms with E-state index in [0.29, 0.717) is 17.9 Å². The molecule has 2 heterocycles. The molecule has 0 amide bonds. The number of aryl methyl sites for hydroxylation is 2. The number of hydrogen-bond donors (Lipinski definition) is 0. The Hall–Kier alpha value is -1.29. The van der Waals surface area contributed by atoms with Crippen molar-refractivity contribution in [3.05, 3.63) is 23.0 Å². The first-order valence-electron chi connectivity index (χ1n) is 5.61. The van der Waals surface area contributed by atoms with Gasteiger partial charge in [0.25, 0.3) is 0 Å². The Morgan fingerprint density at radius 2 is 2.25 bits per heavy atom. The Bertz CT molecular complexity index is 398. The van der Waals surface area contributed by atoms with Crippen molar-refractivity contribution in [2.45, 2.75) is 26.7 Å². The van der Waals surface area contributed by atoms with Crippen molar-refractivity contribution in [1.82, 2.24) is 10.2 Å². The van der Waals surface area contributed by atoms with Crippen molar-refractivity contribution < 1.29 is 9.53 Å². The molecule has 0 aromatic carbocycles. The third-order valence-corrected chi connectivity index (χ3v) is 2.90. The average molecular weight is 220 g/mol. The second kappa shape index (κ2) is 4.70. The number of ketones is 1. The lowest BCUT2D eigenvalue weighted by atomic mass is 9.92. The minimum absolute atomic E-state index is 0.00366. The summed E-state index contributed by atoms with van der Waals surface area (Å²) < 4.78 is 5.34. The number of ether oxygens (including phenoxy) is 1. The van der Waals surface area contributed by atoms with E-state index in [4.69, 9.17) is 4.74 Å². The fourth-order valence-corrected chi connectivity index (χ4v) is 1.97. The summed E-state index contributed by atoms with van der Waals surface area (Å²) in [6.45, 7) is 4.99. The molecule has 1 aromatic heterocycles. The van der Waals surface area contributed by atoms with Gasteiger partial charge in [0.1, 0.15) is 0 Å². The normalized spacial score (nSPS) is 20.8. The Morgan fingerprint density at radius 3 is 2.94 bits per heavy atom. The van der Waals surface area contributed by atoms with Crippen LogP contribution in [0.25, 0.3) is 0 Å². The SMILES string of the molecule is Cc1cc(C(=O)C2CCCOC2)c(C)nn1. The molecule has 1 atom stereocenters. The first kappa shape index (κ1) is 11.2. The van der Waals surface area contributed by atoms with Gasteiger partial charge in [0.2, 0.25) is 0 Å². The molecule has 2 rings (SSSR count). The molecule has 1 aromatic rings. The predicted molar refractivity (Wildman–Crippen MR) is 59.4 cm³/mol. The second-order valence-electron chi connectivity index (χ2n) is 4.26. The number of hydrogen-bond acceptors (Lipinski definition) is 4. The van der Waals surface area contributed by atoms with Crippen molar-refractivity contribution in [3.8, 4) is 0 Å². The van der Waals surface area contributed by atoms with Gasteiger partial charge in [0, 0.05) is 18.1 Å². The van der Waals surface area contributed by atoms with E-state index in [1.54, 1.807) is 0 Å². The van der Waals surface area contributed by atoms with Gasteiger partial charge in [-0.3, -0.25) is 4.79 Å². The van der Waals surface area contributed by atoms with Gasteiger partial charge < -0.3 is 4.74 Å². The molecule has 0 spiro atoms. The topological polar surface area (TPSA) is 52.1 Å². The summed E-state index contributed by atoms with van der Waals surface area (Å²) in [6.07, 6.45) is 1.88. The van der Waals surface area contributed by atoms with Crippen LogP contribution in [0.1, 0.15) is 34.6 Å². The molecule has 1 unspecified atom stereocenters. The summed E-state index contributed by atoms with van der Waals surface area (Å²) in [5.74, 6) is 0.145. The highest BCUT2D eigenvalue weighted by Crippen LogP contribution is 2.20. The van der Waals surface area contributed by atoms with E-state index in [1.807, 2.05) is 19.9 Å². The molecule has 0 aliphatic carbocycles. The monoisotopic (exact) mass is 220 g/mol. The molecule has 0 radical (unpaired) electrons. The van der Waals surface area contributed by atoms with Gasteiger partial charge in [-0.05, 0) is 32.8 Å². The summed E-state index contributed by atoms with van der Waals surface area (Å²) in [4.78, 5) is 12.2. The summed E-state index contributed by atoms with van der Waals surface area (Å²) in [5.41, 5.74) is 2.19. The van der Waals surface area contributed by atoms with Crippen LogP contribution in [0, 0.1) is 19.8 Å². The molecule has 4 nitrogen and oxygen atoms in total. The van der Waals surface area contributed by atoms with Crippen molar-refractivity contribution >= 4 is 5.78 Å². The zero-order chi connectivity index (χ0) is 11.5. The molecule has 0 bridgehead atoms. The zero-order valence-corrected chi connectivity index (χ0v) is 9.69. The zero-order valence-electron chi connectivity index (χ0n) is 9.69. The van der Waals surface area contributed by atoms with Gasteiger partial charge in [-0.1, -0.05) is 0 Å². The van der Waals surface area contributed by atoms with Crippen molar-refractivity contribution in [3.63, 3.8) is 0 Å². The Labute approximate surface area is 95.0 Å². The smallest absolute Gasteiger partial charge is 0.170 e. The van der Waals surface area contributed by atoms with Crippen LogP contribution in [-0.2, 0) is 4.74 Å². The number of nitrogens with zero attached hydrogens (tertiary/aromatic N) is 2. The van der Waals surface area contributed by atoms with Gasteiger partial charge in [-0.25, -0.2) is 0 Å². The molecule has 1 aliphatic heterocycles. The van der Waals surface area contributed by atoms with E-state index in [-0.39, 0.29) is 11.7 Å². The fourth-order valence-electron chi connectivity index (χ4n) is 1.97. The van der Waals surface area contributed by atoms with E-state index in [2.05, 4.69) is 10.2 Å². The van der Waals surface area contributed by atoms with Gasteiger partial charge >= 0.3 is 0 Å². The highest BCUT2D eigenvalue weighted by molar-refractivity contribution is 5.98. The highest BCUT2D eigenvalue weighted by atomic mass is 16.5. The van der Waals surface area contributed by atoms with E-state index in [0.717, 1.165) is 25.1 Å². The van der Waals surface area contributed by atoms with Gasteiger partial charge in [-0.2, -0.15) is 10.2 Å². The van der Waals surface area contributed by atoms with Crippen LogP contribution < -0.4 is 0 Å². The highest BCUT2D eigenvalue weighted by Gasteiger charge is 2.24. The van der Waals surface area contributed by atoms with Crippen LogP contribution in [0.3, 0.4) is 0 Å². The second-order valence-corrected chi connectivity index (χ2v) is 4.26. The predicted octanol–water partition coefficient (Wildman–Crippen LogP) is 1.70. The van der Waals surface area contributed by atoms with Gasteiger partial charge in [0.15, 0.2) is 5.78 Å². The third kappa shape index (κ3) is 2.27. The number of carbonyl (C=O) groups is 1. The number of aromatic nitrogens is 2. The first-order chi connectivity index (χ1) is 7.68. The van der Waals surface area contributed by atoms with Gasteiger partial charge in [0.05, 0.1) is 18.0 Å². The van der Waals surface area contributed by atoms with Crippen LogP contribution in [0.15, 0.2) is 6.07 Å². The molecule has 1 aliphatic rings. The summed E-state index contributed by atoms with van der Waals surface area (Å²) in [6, 6.07) is 1.82. The molecular formula is C12H16N2O2. The maximum absolute atomic E-state index is 12.2. The summed E-state index contributed by atoms with van der Waals surface area (Å²) >= 11 is 0. The molecule has 0 saturated carbocycles. The Morgan fingerprint density at radius 1 is 1.44 bits per heavy atom. The fraction of sp³-hybridized carbons (Fsp3) is 0.583. The molecule has 1 fully saturated rings. The summed E-state index contributed by atoms with van der Waals surface area (Å²) in [7, 11) is 0. The van der Waals surface area contributed by atoms with E-state index in [9.17, 15) is 4.79 Å². The van der Waals surface area contributed by atoms with Crippen molar-refractivity contribution in [2.24, 2.45) is 5.92 Å². The largest absolute Gasteiger partial charge is 0.381 e. The lowest BCUT2D eigenvalue weighted by Gasteiger charge is -2.21. The maximum Gasteiger partial charge on any atom is 0.170 e. The molecule has 86 valence electrons. The van der Waals surface area contributed by atoms with E-state index >= 15 is 0 Å². The number of rotatable bonds is 2. The van der Waals surface area contributed by atoms with Crippen LogP contribution >= 0.6 is 0 Å². The minimum atomic E-state index is -0.00366. The van der Waals surface area contributed by atoms with Crippen LogP contribution in [0.5, 0.6) is 0 Å². The first-order valence-corrected chi connectivity index (χ1v) is 5.61. The molecule has 0 N–H and O–H groups in total. The molecule has 16 heavy (non-hydrogen) atoms. The third-order valence-electron chi connectivity index (χ3n) is 2.90. The molecule has 4 heteroatoms. The Balaban J connectivity index is 2.22. The quantitative estimate of drug-likeness (QED) is 0.712. The van der Waals surface area contributed by atoms with Crippen molar-refractivity contribution in [1.29, 1.82) is 0 Å². The minimum Gasteiger partial charge on any atom is -0.381 e. The maximum atomic E-state index is 12.2. The number of Topliss-reactive ketones (excluding diaryl/α,β-unsaturated/α-hetero) is 1. The molecule has 1 saturated heterocycles. The number of carbonyl (C=O) groups excluding carboxylic acids is 1. The Kier molecular flexibility index (Phi) is 3.29. The summed E-state index contributed by atoms with van der Waals surface area (Å²) in [5, 5.41) is 7.92. The average Bonchev–Trinajstić information content (AvgIpc) is 2.32. The van der Waals surface area contributed by atoms with Crippen LogP contribution in [0.4, 0.5) is 0 Å². The van der Waals surface area contributed by atoms with Crippen LogP contribution in [0.2, 0.25) is 0 Å². The van der Waals surface area contributed by atoms with Crippen molar-refractivity contribution in [2.75, 3.05) is 13.2 Å². The lowest BCUT2D eigenvalue weighted by molar-refractivity contribution is 0.0460. The standard InChI is InChI=1S/C12H16N2O2/c1-8-6-11(9(2)14-13-8)12(15)10-4-3-5-16-7-10/h6,10H,3-5,7H2,1-2H3. The van der Waals surface area contributed by atoms with E-state index in [1.165, 1.54) is 0 Å². The van der Waals surface area contributed by atoms with E-state index < -0.39 is 0 Å². The lowest BCUT2D eigenvalue weighted by Crippen LogP contribution is -2.26. The molecular weight excluding hydrogens is 204 g/mol. The van der Waals surface area contributed by atoms with Crippen LogP contribution in [-0.4, -0.2) is 29.2 Å². The van der Waals surface area contributed by atoms with Gasteiger partial charge in [-0.15, -0.1) is 0 Å².